The van der Waals surface area contributed by atoms with Gasteiger partial charge < -0.3 is 14.6 Å². The van der Waals surface area contributed by atoms with Crippen molar-refractivity contribution in [2.24, 2.45) is 0 Å². The minimum Gasteiger partial charge on any atom is -0.495 e. The first kappa shape index (κ1) is 16.0. The van der Waals surface area contributed by atoms with E-state index in [9.17, 15) is 13.2 Å². The molecule has 0 amide bonds. The number of aromatic nitrogens is 4. The molecule has 0 atom stereocenters. The second-order valence-electron chi connectivity index (χ2n) is 4.96. The third kappa shape index (κ3) is 2.84. The first-order chi connectivity index (χ1) is 11.4. The minimum absolute atomic E-state index is 0.151. The monoisotopic (exact) mass is 337 g/mol. The van der Waals surface area contributed by atoms with Crippen LogP contribution in [-0.4, -0.2) is 26.6 Å². The molecule has 0 saturated heterocycles. The summed E-state index contributed by atoms with van der Waals surface area (Å²) in [6.45, 7) is 2.60. The number of methoxy groups -OCH3 is 1. The van der Waals surface area contributed by atoms with Gasteiger partial charge in [0.1, 0.15) is 12.1 Å². The number of alkyl halides is 3. The zero-order valence-electron chi connectivity index (χ0n) is 12.9. The molecule has 3 aromatic rings. The van der Waals surface area contributed by atoms with Gasteiger partial charge in [0, 0.05) is 6.54 Å². The molecule has 126 valence electrons. The van der Waals surface area contributed by atoms with Gasteiger partial charge in [-0.3, -0.25) is 0 Å². The lowest BCUT2D eigenvalue weighted by atomic mass is 10.1. The highest BCUT2D eigenvalue weighted by Gasteiger charge is 2.31. The molecule has 0 fully saturated rings. The van der Waals surface area contributed by atoms with Gasteiger partial charge in [-0.25, -0.2) is 15.0 Å². The first-order valence-corrected chi connectivity index (χ1v) is 7.12. The molecule has 0 unspecified atom stereocenters. The molecule has 1 N–H and O–H groups in total. The molecule has 0 spiro atoms. The maximum atomic E-state index is 12.9. The van der Waals surface area contributed by atoms with Crippen LogP contribution in [0.1, 0.15) is 12.5 Å². The summed E-state index contributed by atoms with van der Waals surface area (Å²) in [5, 5.41) is 2.86. The highest BCUT2D eigenvalue weighted by Crippen LogP contribution is 2.36. The van der Waals surface area contributed by atoms with Crippen LogP contribution < -0.4 is 10.1 Å². The molecule has 0 radical (unpaired) electrons. The number of anilines is 2. The summed E-state index contributed by atoms with van der Waals surface area (Å²) in [6.07, 6.45) is -1.51. The average Bonchev–Trinajstić information content (AvgIpc) is 2.98. The van der Waals surface area contributed by atoms with E-state index in [1.54, 1.807) is 6.33 Å². The topological polar surface area (TPSA) is 64.9 Å². The smallest absolute Gasteiger partial charge is 0.416 e. The van der Waals surface area contributed by atoms with Crippen LogP contribution >= 0.6 is 0 Å². The van der Waals surface area contributed by atoms with Crippen molar-refractivity contribution >= 4 is 22.7 Å². The van der Waals surface area contributed by atoms with Crippen LogP contribution in [0.15, 0.2) is 30.9 Å². The largest absolute Gasteiger partial charge is 0.495 e. The van der Waals surface area contributed by atoms with Gasteiger partial charge >= 0.3 is 6.18 Å². The van der Waals surface area contributed by atoms with Gasteiger partial charge in [-0.2, -0.15) is 13.2 Å². The third-order valence-corrected chi connectivity index (χ3v) is 3.52. The van der Waals surface area contributed by atoms with Crippen molar-refractivity contribution in [3.05, 3.63) is 36.4 Å². The van der Waals surface area contributed by atoms with E-state index in [2.05, 4.69) is 20.3 Å². The summed E-state index contributed by atoms with van der Waals surface area (Å²) in [6, 6.07) is 3.20. The fourth-order valence-electron chi connectivity index (χ4n) is 2.31. The van der Waals surface area contributed by atoms with E-state index in [1.807, 2.05) is 11.5 Å². The van der Waals surface area contributed by atoms with Crippen molar-refractivity contribution in [2.75, 3.05) is 12.4 Å². The van der Waals surface area contributed by atoms with E-state index in [1.165, 1.54) is 19.5 Å². The molecular weight excluding hydrogens is 323 g/mol. The van der Waals surface area contributed by atoms with Crippen LogP contribution in [-0.2, 0) is 12.7 Å². The average molecular weight is 337 g/mol. The second kappa shape index (κ2) is 5.99. The first-order valence-electron chi connectivity index (χ1n) is 7.12. The van der Waals surface area contributed by atoms with Crippen molar-refractivity contribution in [1.29, 1.82) is 0 Å². The Labute approximate surface area is 135 Å². The number of rotatable bonds is 4. The van der Waals surface area contributed by atoms with E-state index >= 15 is 0 Å². The Bertz CT molecular complexity index is 875. The Morgan fingerprint density at radius 2 is 2.00 bits per heavy atom. The number of ether oxygens (including phenoxy) is 1. The van der Waals surface area contributed by atoms with Gasteiger partial charge in [0.15, 0.2) is 17.0 Å². The number of hydrogen-bond acceptors (Lipinski definition) is 5. The molecule has 0 bridgehead atoms. The number of nitrogens with zero attached hydrogens (tertiary/aromatic N) is 4. The molecule has 24 heavy (non-hydrogen) atoms. The molecule has 6 nitrogen and oxygen atoms in total. The summed E-state index contributed by atoms with van der Waals surface area (Å²) in [5.74, 6) is 0.578. The van der Waals surface area contributed by atoms with Gasteiger partial charge in [-0.15, -0.1) is 0 Å². The number of halogens is 3. The Kier molecular flexibility index (Phi) is 4.00. The maximum absolute atomic E-state index is 12.9. The molecule has 9 heteroatoms. The van der Waals surface area contributed by atoms with Crippen LogP contribution in [0, 0.1) is 0 Å². The fourth-order valence-corrected chi connectivity index (χ4v) is 2.31. The maximum Gasteiger partial charge on any atom is 0.416 e. The van der Waals surface area contributed by atoms with E-state index in [0.717, 1.165) is 12.1 Å². The Balaban J connectivity index is 2.06. The van der Waals surface area contributed by atoms with Crippen molar-refractivity contribution in [3.63, 3.8) is 0 Å². The van der Waals surface area contributed by atoms with Crippen molar-refractivity contribution < 1.29 is 17.9 Å². The summed E-state index contributed by atoms with van der Waals surface area (Å²) in [7, 11) is 1.38. The van der Waals surface area contributed by atoms with Crippen LogP contribution in [0.3, 0.4) is 0 Å². The SMILES string of the molecule is CCn1cnc2c(Nc3cc(C(F)(F)F)ccc3OC)ncnc21. The van der Waals surface area contributed by atoms with Gasteiger partial charge in [0.2, 0.25) is 0 Å². The third-order valence-electron chi connectivity index (χ3n) is 3.52. The van der Waals surface area contributed by atoms with Gasteiger partial charge in [-0.05, 0) is 25.1 Å². The molecule has 3 rings (SSSR count). The van der Waals surface area contributed by atoms with Crippen molar-refractivity contribution in [3.8, 4) is 5.75 Å². The molecule has 0 saturated carbocycles. The normalized spacial score (nSPS) is 11.7. The molecule has 0 aliphatic carbocycles. The van der Waals surface area contributed by atoms with E-state index < -0.39 is 11.7 Å². The molecule has 0 aliphatic heterocycles. The molecule has 1 aromatic carbocycles. The number of imidazole rings is 1. The number of aryl methyl sites for hydroxylation is 1. The minimum atomic E-state index is -4.45. The standard InChI is InChI=1S/C15H14F3N5O/c1-3-23-8-21-12-13(19-7-20-14(12)23)22-10-6-9(15(16,17)18)4-5-11(10)24-2/h4-8H,3H2,1-2H3,(H,19,20,22). The molecular formula is C15H14F3N5O. The summed E-state index contributed by atoms with van der Waals surface area (Å²) in [4.78, 5) is 12.5. The molecule has 2 heterocycles. The quantitative estimate of drug-likeness (QED) is 0.788. The lowest BCUT2D eigenvalue weighted by Gasteiger charge is -2.14. The predicted octanol–water partition coefficient (Wildman–Crippen LogP) is 3.62. The summed E-state index contributed by atoms with van der Waals surface area (Å²) in [5.41, 5.74) is 0.438. The molecule has 2 aromatic heterocycles. The van der Waals surface area contributed by atoms with E-state index in [0.29, 0.717) is 23.5 Å². The summed E-state index contributed by atoms with van der Waals surface area (Å²) >= 11 is 0. The van der Waals surface area contributed by atoms with Crippen molar-refractivity contribution in [1.82, 2.24) is 19.5 Å². The van der Waals surface area contributed by atoms with E-state index in [4.69, 9.17) is 4.74 Å². The van der Waals surface area contributed by atoms with Crippen LogP contribution in [0.4, 0.5) is 24.7 Å². The van der Waals surface area contributed by atoms with Gasteiger partial charge in [0.05, 0.1) is 24.7 Å². The number of nitrogens with one attached hydrogen (secondary N) is 1. The van der Waals surface area contributed by atoms with Gasteiger partial charge in [-0.1, -0.05) is 0 Å². The van der Waals surface area contributed by atoms with Crippen LogP contribution in [0.25, 0.3) is 11.2 Å². The Morgan fingerprint density at radius 3 is 2.67 bits per heavy atom. The van der Waals surface area contributed by atoms with Gasteiger partial charge in [0.25, 0.3) is 0 Å². The van der Waals surface area contributed by atoms with Crippen molar-refractivity contribution in [2.45, 2.75) is 19.6 Å². The molecule has 0 aliphatic rings. The lowest BCUT2D eigenvalue weighted by molar-refractivity contribution is -0.137. The van der Waals surface area contributed by atoms with Crippen LogP contribution in [0.5, 0.6) is 5.75 Å². The zero-order chi connectivity index (χ0) is 17.3. The highest BCUT2D eigenvalue weighted by atomic mass is 19.4. The second-order valence-corrected chi connectivity index (χ2v) is 4.96. The summed E-state index contributed by atoms with van der Waals surface area (Å²) < 4.78 is 45.7. The predicted molar refractivity (Wildman–Crippen MR) is 82.3 cm³/mol. The number of fused-ring (bicyclic) bond motifs is 1. The zero-order valence-corrected chi connectivity index (χ0v) is 12.9. The Morgan fingerprint density at radius 1 is 1.21 bits per heavy atom. The number of hydrogen-bond donors (Lipinski definition) is 1. The lowest BCUT2D eigenvalue weighted by Crippen LogP contribution is -2.06. The highest BCUT2D eigenvalue weighted by molar-refractivity contribution is 5.86. The van der Waals surface area contributed by atoms with Crippen LogP contribution in [0.2, 0.25) is 0 Å². The Hall–Kier alpha value is -2.84. The number of benzene rings is 1. The fraction of sp³-hybridized carbons (Fsp3) is 0.267. The van der Waals surface area contributed by atoms with E-state index in [-0.39, 0.29) is 11.4 Å².